The number of benzene rings is 1. The van der Waals surface area contributed by atoms with Crippen LogP contribution in [-0.4, -0.2) is 21.1 Å². The van der Waals surface area contributed by atoms with Crippen molar-refractivity contribution in [2.24, 2.45) is 0 Å². The molecule has 8 heteroatoms. The Bertz CT molecular complexity index is 790. The monoisotopic (exact) mass is 367 g/mol. The Kier molecular flexibility index (Phi) is 6.69. The molecule has 1 aromatic carbocycles. The van der Waals surface area contributed by atoms with Crippen molar-refractivity contribution in [3.8, 4) is 0 Å². The molecule has 2 aromatic rings. The molecule has 1 atom stereocenters. The van der Waals surface area contributed by atoms with E-state index in [9.17, 15) is 18.4 Å². The third-order valence-corrected chi connectivity index (χ3v) is 4.66. The predicted molar refractivity (Wildman–Crippen MR) is 93.8 cm³/mol. The second kappa shape index (κ2) is 8.75. The zero-order chi connectivity index (χ0) is 18.4. The lowest BCUT2D eigenvalue weighted by Gasteiger charge is -2.15. The van der Waals surface area contributed by atoms with Gasteiger partial charge < -0.3 is 10.3 Å². The summed E-state index contributed by atoms with van der Waals surface area (Å²) in [5.41, 5.74) is -0.131. The highest BCUT2D eigenvalue weighted by molar-refractivity contribution is 8.00. The molecule has 0 aliphatic carbocycles. The molecule has 2 N–H and O–H groups in total. The molecule has 1 amide bonds. The van der Waals surface area contributed by atoms with Gasteiger partial charge in [0, 0.05) is 11.8 Å². The second-order valence-electron chi connectivity index (χ2n) is 5.39. The predicted octanol–water partition coefficient (Wildman–Crippen LogP) is 3.51. The Labute approximate surface area is 148 Å². The van der Waals surface area contributed by atoms with Crippen LogP contribution in [0.1, 0.15) is 32.4 Å². The van der Waals surface area contributed by atoms with Crippen molar-refractivity contribution < 1.29 is 13.6 Å². The van der Waals surface area contributed by atoms with E-state index in [-0.39, 0.29) is 5.56 Å². The number of rotatable bonds is 7. The first-order valence-corrected chi connectivity index (χ1v) is 8.84. The minimum Gasteiger partial charge on any atom is -0.320 e. The standard InChI is InChI=1S/C17H19F2N3O2S/c1-3-6-10-9-14(23)21-17(20-10)25-13(4-2)16(24)22-15-11(18)7-5-8-12(15)19/h5,7-9,13H,3-4,6H2,1-2H3,(H,22,24)(H,20,21,23). The Balaban J connectivity index is 2.17. The minimum absolute atomic E-state index is 0.295. The smallest absolute Gasteiger partial charge is 0.251 e. The number of nitrogens with zero attached hydrogens (tertiary/aromatic N) is 1. The van der Waals surface area contributed by atoms with Gasteiger partial charge in [0.15, 0.2) is 5.16 Å². The van der Waals surface area contributed by atoms with Crippen LogP contribution in [-0.2, 0) is 11.2 Å². The highest BCUT2D eigenvalue weighted by Gasteiger charge is 2.22. The lowest BCUT2D eigenvalue weighted by molar-refractivity contribution is -0.115. The van der Waals surface area contributed by atoms with Crippen molar-refractivity contribution >= 4 is 23.4 Å². The number of amides is 1. The highest BCUT2D eigenvalue weighted by atomic mass is 32.2. The van der Waals surface area contributed by atoms with Gasteiger partial charge in [0.25, 0.3) is 5.56 Å². The first kappa shape index (κ1) is 19.1. The van der Waals surface area contributed by atoms with E-state index in [0.717, 1.165) is 30.3 Å². The van der Waals surface area contributed by atoms with E-state index < -0.39 is 28.5 Å². The number of halogens is 2. The number of hydrogen-bond acceptors (Lipinski definition) is 4. The van der Waals surface area contributed by atoms with Crippen molar-refractivity contribution in [3.05, 3.63) is 51.9 Å². The number of hydrogen-bond donors (Lipinski definition) is 2. The molecule has 0 aliphatic rings. The van der Waals surface area contributed by atoms with E-state index >= 15 is 0 Å². The van der Waals surface area contributed by atoms with Crippen molar-refractivity contribution in [2.75, 3.05) is 5.32 Å². The molecule has 0 aliphatic heterocycles. The van der Waals surface area contributed by atoms with E-state index in [1.54, 1.807) is 6.92 Å². The van der Waals surface area contributed by atoms with Crippen LogP contribution in [0.2, 0.25) is 0 Å². The van der Waals surface area contributed by atoms with Crippen LogP contribution in [0.3, 0.4) is 0 Å². The number of nitrogens with one attached hydrogen (secondary N) is 2. The maximum Gasteiger partial charge on any atom is 0.251 e. The van der Waals surface area contributed by atoms with E-state index in [2.05, 4.69) is 15.3 Å². The number of aromatic amines is 1. The summed E-state index contributed by atoms with van der Waals surface area (Å²) in [6.07, 6.45) is 1.89. The number of anilines is 1. The van der Waals surface area contributed by atoms with Crippen molar-refractivity contribution in [1.29, 1.82) is 0 Å². The van der Waals surface area contributed by atoms with Crippen LogP contribution in [0, 0.1) is 11.6 Å². The van der Waals surface area contributed by atoms with E-state index in [4.69, 9.17) is 0 Å². The van der Waals surface area contributed by atoms with Gasteiger partial charge in [0.05, 0.1) is 5.25 Å². The Morgan fingerprint density at radius 3 is 2.60 bits per heavy atom. The van der Waals surface area contributed by atoms with E-state index in [1.807, 2.05) is 6.92 Å². The Morgan fingerprint density at radius 2 is 2.00 bits per heavy atom. The molecule has 1 heterocycles. The van der Waals surface area contributed by atoms with Crippen LogP contribution in [0.15, 0.2) is 34.2 Å². The van der Waals surface area contributed by atoms with Gasteiger partial charge in [0.1, 0.15) is 17.3 Å². The van der Waals surface area contributed by atoms with Crippen LogP contribution in [0.4, 0.5) is 14.5 Å². The molecule has 0 spiro atoms. The van der Waals surface area contributed by atoms with E-state index in [1.165, 1.54) is 12.1 Å². The average molecular weight is 367 g/mol. The van der Waals surface area contributed by atoms with Gasteiger partial charge in [-0.1, -0.05) is 38.1 Å². The van der Waals surface area contributed by atoms with Gasteiger partial charge >= 0.3 is 0 Å². The number of carbonyl (C=O) groups excluding carboxylic acids is 1. The van der Waals surface area contributed by atoms with Gasteiger partial charge in [-0.3, -0.25) is 9.59 Å². The first-order valence-electron chi connectivity index (χ1n) is 7.96. The van der Waals surface area contributed by atoms with Gasteiger partial charge in [-0.2, -0.15) is 0 Å². The third kappa shape index (κ3) is 5.12. The van der Waals surface area contributed by atoms with E-state index in [0.29, 0.717) is 23.7 Å². The fourth-order valence-electron chi connectivity index (χ4n) is 2.20. The number of aromatic nitrogens is 2. The maximum absolute atomic E-state index is 13.7. The molecule has 0 saturated carbocycles. The molecule has 0 saturated heterocycles. The summed E-state index contributed by atoms with van der Waals surface area (Å²) in [7, 11) is 0. The number of para-hydroxylation sites is 1. The minimum atomic E-state index is -0.843. The number of aryl methyl sites for hydroxylation is 1. The second-order valence-corrected chi connectivity index (χ2v) is 6.58. The zero-order valence-electron chi connectivity index (χ0n) is 13.9. The molecule has 134 valence electrons. The quantitative estimate of drug-likeness (QED) is 0.580. The van der Waals surface area contributed by atoms with Gasteiger partial charge in [0.2, 0.25) is 5.91 Å². The largest absolute Gasteiger partial charge is 0.320 e. The topological polar surface area (TPSA) is 74.8 Å². The lowest BCUT2D eigenvalue weighted by Crippen LogP contribution is -2.26. The van der Waals surface area contributed by atoms with Crippen LogP contribution >= 0.6 is 11.8 Å². The van der Waals surface area contributed by atoms with Crippen molar-refractivity contribution in [1.82, 2.24) is 9.97 Å². The summed E-state index contributed by atoms with van der Waals surface area (Å²) >= 11 is 1.06. The number of carbonyl (C=O) groups is 1. The molecule has 0 fully saturated rings. The van der Waals surface area contributed by atoms with Crippen LogP contribution in [0.5, 0.6) is 0 Å². The molecule has 1 aromatic heterocycles. The van der Waals surface area contributed by atoms with Gasteiger partial charge in [-0.15, -0.1) is 0 Å². The van der Waals surface area contributed by atoms with Gasteiger partial charge in [-0.25, -0.2) is 13.8 Å². The normalized spacial score (nSPS) is 12.0. The van der Waals surface area contributed by atoms with Gasteiger partial charge in [-0.05, 0) is 25.0 Å². The summed E-state index contributed by atoms with van der Waals surface area (Å²) in [4.78, 5) is 31.0. The Morgan fingerprint density at radius 1 is 1.32 bits per heavy atom. The lowest BCUT2D eigenvalue weighted by atomic mass is 10.2. The van der Waals surface area contributed by atoms with Crippen molar-refractivity contribution in [2.45, 2.75) is 43.5 Å². The summed E-state index contributed by atoms with van der Waals surface area (Å²) in [5.74, 6) is -2.24. The summed E-state index contributed by atoms with van der Waals surface area (Å²) in [6, 6.07) is 4.78. The first-order chi connectivity index (χ1) is 11.9. The van der Waals surface area contributed by atoms with Crippen LogP contribution < -0.4 is 10.9 Å². The fourth-order valence-corrected chi connectivity index (χ4v) is 3.13. The molecule has 0 bridgehead atoms. The summed E-state index contributed by atoms with van der Waals surface area (Å²) in [6.45, 7) is 3.74. The fraction of sp³-hybridized carbons (Fsp3) is 0.353. The zero-order valence-corrected chi connectivity index (χ0v) is 14.8. The third-order valence-electron chi connectivity index (χ3n) is 3.41. The van der Waals surface area contributed by atoms with Crippen LogP contribution in [0.25, 0.3) is 0 Å². The summed E-state index contributed by atoms with van der Waals surface area (Å²) < 4.78 is 27.3. The molecular formula is C17H19F2N3O2S. The highest BCUT2D eigenvalue weighted by Crippen LogP contribution is 2.25. The Hall–Kier alpha value is -2.22. The number of H-pyrrole nitrogens is 1. The molecule has 1 unspecified atom stereocenters. The maximum atomic E-state index is 13.7. The SMILES string of the molecule is CCCc1cc(=O)[nH]c(SC(CC)C(=O)Nc2c(F)cccc2F)n1. The molecule has 0 radical (unpaired) electrons. The molecule has 2 rings (SSSR count). The summed E-state index contributed by atoms with van der Waals surface area (Å²) in [5, 5.41) is 1.93. The molecule has 5 nitrogen and oxygen atoms in total. The van der Waals surface area contributed by atoms with Crippen molar-refractivity contribution in [3.63, 3.8) is 0 Å². The molecular weight excluding hydrogens is 348 g/mol. The molecule has 25 heavy (non-hydrogen) atoms. The average Bonchev–Trinajstić information content (AvgIpc) is 2.55. The number of thioether (sulfide) groups is 1.